The highest BCUT2D eigenvalue weighted by atomic mass is 32.2. The molecule has 0 fully saturated rings. The third-order valence-electron chi connectivity index (χ3n) is 3.85. The van der Waals surface area contributed by atoms with E-state index in [1.807, 2.05) is 13.8 Å². The highest BCUT2D eigenvalue weighted by Gasteiger charge is 2.21. The van der Waals surface area contributed by atoms with Gasteiger partial charge in [-0.15, -0.1) is 11.3 Å². The fraction of sp³-hybridized carbons (Fsp3) is 0.222. The second kappa shape index (κ2) is 7.53. The molecule has 3 rings (SSSR count). The Bertz CT molecular complexity index is 1080. The number of esters is 1. The SMILES string of the molecule is CCOC(=O)c1cccc(NS(=O)(=O)c2ccc(-c3onc(C)c3C)s2)c1. The molecule has 0 aliphatic rings. The van der Waals surface area contributed by atoms with Crippen molar-refractivity contribution in [2.75, 3.05) is 11.3 Å². The Morgan fingerprint density at radius 1 is 1.26 bits per heavy atom. The van der Waals surface area contributed by atoms with E-state index >= 15 is 0 Å². The molecule has 0 aliphatic heterocycles. The number of aromatic nitrogens is 1. The van der Waals surface area contributed by atoms with Gasteiger partial charge >= 0.3 is 5.97 Å². The number of thiophene rings is 1. The number of carbonyl (C=O) groups is 1. The maximum Gasteiger partial charge on any atom is 0.338 e. The monoisotopic (exact) mass is 406 g/mol. The minimum atomic E-state index is -3.81. The van der Waals surface area contributed by atoms with Crippen LogP contribution in [0.1, 0.15) is 28.5 Å². The first-order valence-electron chi connectivity index (χ1n) is 8.15. The molecule has 3 aromatic rings. The molecule has 0 saturated heterocycles. The first-order chi connectivity index (χ1) is 12.8. The summed E-state index contributed by atoms with van der Waals surface area (Å²) in [6.07, 6.45) is 0. The van der Waals surface area contributed by atoms with Gasteiger partial charge in [0.2, 0.25) is 0 Å². The molecule has 2 heterocycles. The third kappa shape index (κ3) is 4.04. The van der Waals surface area contributed by atoms with Gasteiger partial charge in [-0.25, -0.2) is 13.2 Å². The average molecular weight is 406 g/mol. The van der Waals surface area contributed by atoms with Crippen molar-refractivity contribution in [1.82, 2.24) is 5.16 Å². The van der Waals surface area contributed by atoms with E-state index < -0.39 is 16.0 Å². The maximum absolute atomic E-state index is 12.7. The normalized spacial score (nSPS) is 11.4. The number of rotatable bonds is 6. The molecule has 0 spiro atoms. The van der Waals surface area contributed by atoms with E-state index in [4.69, 9.17) is 9.26 Å². The molecule has 2 aromatic heterocycles. The zero-order valence-electron chi connectivity index (χ0n) is 15.0. The number of benzene rings is 1. The number of anilines is 1. The van der Waals surface area contributed by atoms with E-state index in [0.717, 1.165) is 22.6 Å². The zero-order chi connectivity index (χ0) is 19.6. The Morgan fingerprint density at radius 2 is 2.04 bits per heavy atom. The topological polar surface area (TPSA) is 98.5 Å². The Kier molecular flexibility index (Phi) is 5.33. The van der Waals surface area contributed by atoms with Crippen molar-refractivity contribution in [3.05, 3.63) is 53.2 Å². The van der Waals surface area contributed by atoms with E-state index in [2.05, 4.69) is 9.88 Å². The number of carbonyl (C=O) groups excluding carboxylic acids is 1. The summed E-state index contributed by atoms with van der Waals surface area (Å²) in [5, 5.41) is 3.90. The molecular weight excluding hydrogens is 388 g/mol. The van der Waals surface area contributed by atoms with Crippen molar-refractivity contribution in [2.24, 2.45) is 0 Å². The summed E-state index contributed by atoms with van der Waals surface area (Å²) in [5.74, 6) is 0.0522. The van der Waals surface area contributed by atoms with Crippen molar-refractivity contribution in [3.63, 3.8) is 0 Å². The van der Waals surface area contributed by atoms with Crippen LogP contribution in [0.5, 0.6) is 0 Å². The maximum atomic E-state index is 12.7. The number of ether oxygens (including phenoxy) is 1. The third-order valence-corrected chi connectivity index (χ3v) is 6.81. The second-order valence-electron chi connectivity index (χ2n) is 5.75. The van der Waals surface area contributed by atoms with Crippen molar-refractivity contribution >= 4 is 33.0 Å². The zero-order valence-corrected chi connectivity index (χ0v) is 16.6. The number of hydrogen-bond acceptors (Lipinski definition) is 7. The van der Waals surface area contributed by atoms with E-state index in [1.54, 1.807) is 31.2 Å². The molecule has 0 saturated carbocycles. The fourth-order valence-corrected chi connectivity index (χ4v) is 4.75. The largest absolute Gasteiger partial charge is 0.462 e. The van der Waals surface area contributed by atoms with Gasteiger partial charge in [0.05, 0.1) is 22.7 Å². The smallest absolute Gasteiger partial charge is 0.338 e. The standard InChI is InChI=1S/C18H18N2O5S2/c1-4-24-18(21)13-6-5-7-14(10-13)20-27(22,23)16-9-8-15(26-16)17-11(2)12(3)19-25-17/h5-10,20H,4H2,1-3H3. The van der Waals surface area contributed by atoms with Crippen molar-refractivity contribution in [2.45, 2.75) is 25.0 Å². The van der Waals surface area contributed by atoms with Gasteiger partial charge in [0, 0.05) is 11.3 Å². The van der Waals surface area contributed by atoms with Crippen LogP contribution >= 0.6 is 11.3 Å². The molecular formula is C18H18N2O5S2. The van der Waals surface area contributed by atoms with Gasteiger partial charge in [0.25, 0.3) is 10.0 Å². The molecule has 27 heavy (non-hydrogen) atoms. The Labute approximate surface area is 161 Å². The lowest BCUT2D eigenvalue weighted by Gasteiger charge is -2.08. The summed E-state index contributed by atoms with van der Waals surface area (Å²) in [7, 11) is -3.81. The van der Waals surface area contributed by atoms with Crippen LogP contribution in [0.2, 0.25) is 0 Å². The van der Waals surface area contributed by atoms with Gasteiger partial charge in [-0.2, -0.15) is 0 Å². The van der Waals surface area contributed by atoms with Crippen LogP contribution in [-0.2, 0) is 14.8 Å². The van der Waals surface area contributed by atoms with Gasteiger partial charge in [0.1, 0.15) is 4.21 Å². The lowest BCUT2D eigenvalue weighted by Crippen LogP contribution is -2.12. The number of nitrogens with zero attached hydrogens (tertiary/aromatic N) is 1. The molecule has 142 valence electrons. The molecule has 7 nitrogen and oxygen atoms in total. The Hall–Kier alpha value is -2.65. The first-order valence-corrected chi connectivity index (χ1v) is 10.4. The second-order valence-corrected chi connectivity index (χ2v) is 8.74. The molecule has 0 radical (unpaired) electrons. The van der Waals surface area contributed by atoms with E-state index in [1.165, 1.54) is 12.1 Å². The average Bonchev–Trinajstić information content (AvgIpc) is 3.23. The predicted molar refractivity (Wildman–Crippen MR) is 102 cm³/mol. The van der Waals surface area contributed by atoms with Crippen LogP contribution in [0, 0.1) is 13.8 Å². The van der Waals surface area contributed by atoms with Crippen molar-refractivity contribution < 1.29 is 22.5 Å². The Morgan fingerprint density at radius 3 is 2.70 bits per heavy atom. The molecule has 0 amide bonds. The van der Waals surface area contributed by atoms with Crippen molar-refractivity contribution in [3.8, 4) is 10.6 Å². The van der Waals surface area contributed by atoms with Crippen molar-refractivity contribution in [1.29, 1.82) is 0 Å². The van der Waals surface area contributed by atoms with E-state index in [-0.39, 0.29) is 22.1 Å². The molecule has 0 unspecified atom stereocenters. The van der Waals surface area contributed by atoms with E-state index in [0.29, 0.717) is 10.6 Å². The van der Waals surface area contributed by atoms with Gasteiger partial charge in [0.15, 0.2) is 5.76 Å². The summed E-state index contributed by atoms with van der Waals surface area (Å²) in [6.45, 7) is 5.64. The number of nitrogens with one attached hydrogen (secondary N) is 1. The van der Waals surface area contributed by atoms with E-state index in [9.17, 15) is 13.2 Å². The molecule has 0 aliphatic carbocycles. The highest BCUT2D eigenvalue weighted by molar-refractivity contribution is 7.94. The summed E-state index contributed by atoms with van der Waals surface area (Å²) in [6, 6.07) is 9.35. The Balaban J connectivity index is 1.85. The molecule has 1 N–H and O–H groups in total. The van der Waals surface area contributed by atoms with Crippen LogP contribution in [0.4, 0.5) is 5.69 Å². The molecule has 9 heteroatoms. The summed E-state index contributed by atoms with van der Waals surface area (Å²) >= 11 is 1.08. The minimum Gasteiger partial charge on any atom is -0.462 e. The number of aryl methyl sites for hydroxylation is 1. The van der Waals surface area contributed by atoms with Gasteiger partial charge in [-0.05, 0) is 51.1 Å². The quantitative estimate of drug-likeness (QED) is 0.621. The summed E-state index contributed by atoms with van der Waals surface area (Å²) in [4.78, 5) is 12.5. The van der Waals surface area contributed by atoms with Gasteiger partial charge in [-0.3, -0.25) is 4.72 Å². The summed E-state index contributed by atoms with van der Waals surface area (Å²) < 4.78 is 38.2. The summed E-state index contributed by atoms with van der Waals surface area (Å²) in [5.41, 5.74) is 2.19. The van der Waals surface area contributed by atoms with Gasteiger partial charge < -0.3 is 9.26 Å². The first kappa shape index (κ1) is 19.1. The number of sulfonamides is 1. The van der Waals surface area contributed by atoms with Crippen LogP contribution in [0.15, 0.2) is 45.1 Å². The lowest BCUT2D eigenvalue weighted by atomic mass is 10.2. The molecule has 1 aromatic carbocycles. The fourth-order valence-electron chi connectivity index (χ4n) is 2.36. The van der Waals surface area contributed by atoms with Crippen LogP contribution < -0.4 is 4.72 Å². The van der Waals surface area contributed by atoms with Gasteiger partial charge in [-0.1, -0.05) is 11.2 Å². The van der Waals surface area contributed by atoms with Crippen LogP contribution in [0.25, 0.3) is 10.6 Å². The number of hydrogen-bond donors (Lipinski definition) is 1. The predicted octanol–water partition coefficient (Wildman–Crippen LogP) is 4.00. The minimum absolute atomic E-state index is 0.132. The molecule has 0 atom stereocenters. The van der Waals surface area contributed by atoms with Crippen LogP contribution in [-0.4, -0.2) is 26.2 Å². The lowest BCUT2D eigenvalue weighted by molar-refractivity contribution is 0.0526. The highest BCUT2D eigenvalue weighted by Crippen LogP contribution is 2.34. The van der Waals surface area contributed by atoms with Crippen LogP contribution in [0.3, 0.4) is 0 Å². The molecule has 0 bridgehead atoms.